The lowest BCUT2D eigenvalue weighted by Crippen LogP contribution is -2.16. The van der Waals surface area contributed by atoms with Crippen LogP contribution in [-0.2, 0) is 14.0 Å². The number of rotatable bonds is 5. The molecule has 0 saturated carbocycles. The Morgan fingerprint density at radius 1 is 1.43 bits per heavy atom. The third kappa shape index (κ3) is 3.33. The molecule has 0 fully saturated rings. The van der Waals surface area contributed by atoms with Crippen molar-refractivity contribution in [3.05, 3.63) is 18.5 Å². The second-order valence-electron chi connectivity index (χ2n) is 4.66. The Morgan fingerprint density at radius 2 is 2.22 bits per heavy atom. The van der Waals surface area contributed by atoms with Crippen molar-refractivity contribution in [2.45, 2.75) is 12.5 Å². The molecule has 23 heavy (non-hydrogen) atoms. The Hall–Kier alpha value is -2.04. The molecule has 2 atom stereocenters. The summed E-state index contributed by atoms with van der Waals surface area (Å²) < 4.78 is 27.9. The Kier molecular flexibility index (Phi) is 4.04. The molecule has 1 aliphatic heterocycles. The van der Waals surface area contributed by atoms with Crippen molar-refractivity contribution in [2.24, 2.45) is 0 Å². The quantitative estimate of drug-likeness (QED) is 0.498. The van der Waals surface area contributed by atoms with Crippen LogP contribution in [0.2, 0.25) is 0 Å². The average molecular weight is 343 g/mol. The molecule has 0 radical (unpaired) electrons. The van der Waals surface area contributed by atoms with Gasteiger partial charge in [-0.3, -0.25) is 9.13 Å². The minimum atomic E-state index is -4.26. The van der Waals surface area contributed by atoms with Crippen LogP contribution in [-0.4, -0.2) is 49.1 Å². The number of nitrogens with zero attached hydrogens (tertiary/aromatic N) is 4. The molecule has 3 heterocycles. The average Bonchev–Trinajstić information content (AvgIpc) is 3.10. The Morgan fingerprint density at radius 3 is 2.91 bits per heavy atom. The normalized spacial score (nSPS) is 21.2. The van der Waals surface area contributed by atoms with Gasteiger partial charge < -0.3 is 29.7 Å². The largest absolute Gasteiger partial charge is 0.467 e. The number of aromatic nitrogens is 4. The Balaban J connectivity index is 1.81. The zero-order valence-corrected chi connectivity index (χ0v) is 12.8. The number of hydrogen-bond donors (Lipinski definition) is 3. The number of methoxy groups -OCH3 is 1. The molecule has 4 N–H and O–H groups in total. The number of nitrogens with two attached hydrogens (primary N) is 1. The maximum absolute atomic E-state index is 10.8. The summed E-state index contributed by atoms with van der Waals surface area (Å²) in [5, 5.41) is 0. The monoisotopic (exact) mass is 343 g/mol. The van der Waals surface area contributed by atoms with E-state index in [0.717, 1.165) is 0 Å². The molecule has 0 saturated heterocycles. The maximum Gasteiger partial charge on any atom is 0.351 e. The molecule has 0 unspecified atom stereocenters. The van der Waals surface area contributed by atoms with Gasteiger partial charge in [-0.25, -0.2) is 4.98 Å². The van der Waals surface area contributed by atoms with Gasteiger partial charge in [-0.1, -0.05) is 0 Å². The number of nitrogen functional groups attached to an aromatic ring is 1. The van der Waals surface area contributed by atoms with Gasteiger partial charge in [0.1, 0.15) is 0 Å². The van der Waals surface area contributed by atoms with Crippen molar-refractivity contribution >= 4 is 24.6 Å². The van der Waals surface area contributed by atoms with E-state index < -0.39 is 26.5 Å². The molecule has 12 heteroatoms. The summed E-state index contributed by atoms with van der Waals surface area (Å²) in [7, 11) is -2.85. The molecule has 0 bridgehead atoms. The first-order chi connectivity index (χ1) is 10.9. The van der Waals surface area contributed by atoms with E-state index >= 15 is 0 Å². The molecule has 0 aromatic carbocycles. The number of ether oxygens (including phenoxy) is 3. The first kappa shape index (κ1) is 15.8. The van der Waals surface area contributed by atoms with E-state index in [-0.39, 0.29) is 11.8 Å². The first-order valence-electron chi connectivity index (χ1n) is 6.41. The smallest absolute Gasteiger partial charge is 0.351 e. The summed E-state index contributed by atoms with van der Waals surface area (Å²) >= 11 is 0. The third-order valence-electron chi connectivity index (χ3n) is 3.00. The highest BCUT2D eigenvalue weighted by molar-refractivity contribution is 7.51. The molecular weight excluding hydrogens is 329 g/mol. The summed E-state index contributed by atoms with van der Waals surface area (Å²) in [4.78, 5) is 29.8. The van der Waals surface area contributed by atoms with E-state index in [9.17, 15) is 4.57 Å². The number of hydrogen-bond acceptors (Lipinski definition) is 8. The van der Waals surface area contributed by atoms with E-state index in [1.165, 1.54) is 19.5 Å². The van der Waals surface area contributed by atoms with Crippen LogP contribution in [0, 0.1) is 0 Å². The molecule has 0 aliphatic carbocycles. The molecule has 0 spiro atoms. The van der Waals surface area contributed by atoms with Crippen LogP contribution in [0.5, 0.6) is 6.01 Å². The summed E-state index contributed by atoms with van der Waals surface area (Å²) in [6.45, 7) is 0. The predicted molar refractivity (Wildman–Crippen MR) is 77.3 cm³/mol. The maximum atomic E-state index is 10.8. The minimum absolute atomic E-state index is 0.0908. The zero-order chi connectivity index (χ0) is 16.6. The van der Waals surface area contributed by atoms with Crippen molar-refractivity contribution in [2.75, 3.05) is 19.2 Å². The van der Waals surface area contributed by atoms with Crippen molar-refractivity contribution in [1.82, 2.24) is 19.5 Å². The molecule has 11 nitrogen and oxygen atoms in total. The highest BCUT2D eigenvalue weighted by atomic mass is 31.2. The summed E-state index contributed by atoms with van der Waals surface area (Å²) in [6.07, 6.45) is 2.43. The van der Waals surface area contributed by atoms with Crippen LogP contribution in [0.4, 0.5) is 5.82 Å². The fourth-order valence-corrected chi connectivity index (χ4v) is 2.37. The van der Waals surface area contributed by atoms with E-state index in [2.05, 4.69) is 15.0 Å². The van der Waals surface area contributed by atoms with Gasteiger partial charge in [-0.2, -0.15) is 9.97 Å². The zero-order valence-electron chi connectivity index (χ0n) is 11.9. The van der Waals surface area contributed by atoms with Gasteiger partial charge in [0.15, 0.2) is 35.8 Å². The molecule has 1 aliphatic rings. The van der Waals surface area contributed by atoms with Gasteiger partial charge in [-0.05, 0) is 12.2 Å². The molecular formula is C11H14N5O6P. The van der Waals surface area contributed by atoms with Crippen LogP contribution >= 0.6 is 7.60 Å². The third-order valence-corrected chi connectivity index (χ3v) is 3.48. The van der Waals surface area contributed by atoms with Crippen molar-refractivity contribution in [1.29, 1.82) is 0 Å². The highest BCUT2D eigenvalue weighted by Gasteiger charge is 2.26. The summed E-state index contributed by atoms with van der Waals surface area (Å²) in [6, 6.07) is 0.0908. The first-order valence-corrected chi connectivity index (χ1v) is 8.21. The van der Waals surface area contributed by atoms with Crippen LogP contribution in [0.15, 0.2) is 18.5 Å². The second kappa shape index (κ2) is 5.87. The van der Waals surface area contributed by atoms with Gasteiger partial charge >= 0.3 is 13.6 Å². The van der Waals surface area contributed by atoms with Crippen molar-refractivity contribution in [3.63, 3.8) is 0 Å². The van der Waals surface area contributed by atoms with Gasteiger partial charge in [-0.15, -0.1) is 0 Å². The lowest BCUT2D eigenvalue weighted by atomic mass is 10.4. The topological polar surface area (TPSA) is 155 Å². The molecule has 2 aromatic rings. The Bertz CT molecular complexity index is 802. The minimum Gasteiger partial charge on any atom is -0.467 e. The fourth-order valence-electron chi connectivity index (χ4n) is 2.03. The Labute approximate surface area is 129 Å². The molecule has 124 valence electrons. The lowest BCUT2D eigenvalue weighted by molar-refractivity contribution is -0.125. The van der Waals surface area contributed by atoms with Gasteiger partial charge in [0.2, 0.25) is 0 Å². The molecule has 0 amide bonds. The SMILES string of the molecule is COc1nc(N)c2ncn([C@H]3C=C[C@@H](OCP(=O)(O)O)O3)c2n1. The van der Waals surface area contributed by atoms with E-state index in [0.29, 0.717) is 11.2 Å². The van der Waals surface area contributed by atoms with Gasteiger partial charge in [0.25, 0.3) is 0 Å². The van der Waals surface area contributed by atoms with Crippen LogP contribution in [0.1, 0.15) is 6.23 Å². The number of fused-ring (bicyclic) bond motifs is 1. The van der Waals surface area contributed by atoms with Crippen molar-refractivity contribution < 1.29 is 28.6 Å². The van der Waals surface area contributed by atoms with Crippen LogP contribution in [0.3, 0.4) is 0 Å². The molecule has 2 aromatic heterocycles. The van der Waals surface area contributed by atoms with Gasteiger partial charge in [0, 0.05) is 0 Å². The fraction of sp³-hybridized carbons (Fsp3) is 0.364. The summed E-state index contributed by atoms with van der Waals surface area (Å²) in [5.74, 6) is 0.168. The summed E-state index contributed by atoms with van der Waals surface area (Å²) in [5.41, 5.74) is 6.58. The number of imidazole rings is 1. The second-order valence-corrected chi connectivity index (χ2v) is 6.25. The van der Waals surface area contributed by atoms with Gasteiger partial charge in [0.05, 0.1) is 13.4 Å². The van der Waals surface area contributed by atoms with E-state index in [1.807, 2.05) is 0 Å². The molecule has 3 rings (SSSR count). The van der Waals surface area contributed by atoms with Crippen LogP contribution < -0.4 is 10.5 Å². The predicted octanol–water partition coefficient (Wildman–Crippen LogP) is -0.0200. The van der Waals surface area contributed by atoms with E-state index in [1.54, 1.807) is 10.6 Å². The lowest BCUT2D eigenvalue weighted by Gasteiger charge is -2.16. The standard InChI is InChI=1S/C11H14N5O6P/c1-20-11-14-9(12)8-10(15-11)16(4-13-8)6-2-3-7(22-6)21-5-23(17,18)19/h2-4,6-7H,5H2,1H3,(H2,12,14,15)(H2,17,18,19)/t6-,7+/m1/s1. The highest BCUT2D eigenvalue weighted by Crippen LogP contribution is 2.36. The number of anilines is 1. The van der Waals surface area contributed by atoms with Crippen molar-refractivity contribution in [3.8, 4) is 6.01 Å². The van der Waals surface area contributed by atoms with Crippen LogP contribution in [0.25, 0.3) is 11.2 Å². The van der Waals surface area contributed by atoms with E-state index in [4.69, 9.17) is 29.7 Å².